The van der Waals surface area contributed by atoms with Crippen molar-refractivity contribution in [1.29, 1.82) is 0 Å². The number of amides is 1. The quantitative estimate of drug-likeness (QED) is 0.795. The molecule has 0 radical (unpaired) electrons. The molecule has 3 nitrogen and oxygen atoms in total. The number of hydrogen-bond donors (Lipinski definition) is 1. The van der Waals surface area contributed by atoms with Crippen LogP contribution in [0.1, 0.15) is 46.5 Å². The molecule has 0 bridgehead atoms. The van der Waals surface area contributed by atoms with Crippen molar-refractivity contribution in [2.45, 2.75) is 58.0 Å². The third-order valence-corrected chi connectivity index (χ3v) is 3.73. The number of hydrogen-bond acceptors (Lipinski definition) is 2. The van der Waals surface area contributed by atoms with E-state index in [2.05, 4.69) is 38.2 Å². The maximum atomic E-state index is 11.1. The normalized spacial score (nSPS) is 30.1. The lowest BCUT2D eigenvalue weighted by molar-refractivity contribution is -0.119. The standard InChI is InChI=1S/C13H26N2O/c1-10(2)8-13(15(4)5)7-6-12(9-13)14-11(3)16/h10,12H,6-9H2,1-5H3,(H,14,16). The largest absolute Gasteiger partial charge is 0.354 e. The van der Waals surface area contributed by atoms with E-state index in [0.717, 1.165) is 12.8 Å². The first kappa shape index (κ1) is 13.5. The molecular weight excluding hydrogens is 200 g/mol. The Kier molecular flexibility index (Phi) is 4.36. The molecule has 0 spiro atoms. The second-order valence-corrected chi connectivity index (χ2v) is 5.86. The van der Waals surface area contributed by atoms with Gasteiger partial charge in [0.2, 0.25) is 5.91 Å². The fourth-order valence-corrected chi connectivity index (χ4v) is 3.05. The van der Waals surface area contributed by atoms with Gasteiger partial charge in [0.25, 0.3) is 0 Å². The monoisotopic (exact) mass is 226 g/mol. The second-order valence-electron chi connectivity index (χ2n) is 5.86. The van der Waals surface area contributed by atoms with E-state index in [1.54, 1.807) is 6.92 Å². The van der Waals surface area contributed by atoms with E-state index in [9.17, 15) is 4.79 Å². The Bertz CT molecular complexity index is 250. The molecular formula is C13H26N2O. The highest BCUT2D eigenvalue weighted by molar-refractivity contribution is 5.73. The zero-order chi connectivity index (χ0) is 12.3. The van der Waals surface area contributed by atoms with Crippen molar-refractivity contribution in [2.24, 2.45) is 5.92 Å². The van der Waals surface area contributed by atoms with Crippen molar-refractivity contribution in [3.8, 4) is 0 Å². The molecule has 1 aliphatic carbocycles. The van der Waals surface area contributed by atoms with Gasteiger partial charge in [0.05, 0.1) is 0 Å². The van der Waals surface area contributed by atoms with Crippen LogP contribution in [-0.2, 0) is 4.79 Å². The summed E-state index contributed by atoms with van der Waals surface area (Å²) in [6.45, 7) is 6.16. The van der Waals surface area contributed by atoms with Gasteiger partial charge in [-0.15, -0.1) is 0 Å². The molecule has 1 amide bonds. The third-order valence-electron chi connectivity index (χ3n) is 3.73. The number of carbonyl (C=O) groups excluding carboxylic acids is 1. The minimum absolute atomic E-state index is 0.101. The SMILES string of the molecule is CC(=O)NC1CCC(CC(C)C)(N(C)C)C1. The Balaban J connectivity index is 2.64. The zero-order valence-electron chi connectivity index (χ0n) is 11.3. The zero-order valence-corrected chi connectivity index (χ0v) is 11.3. The van der Waals surface area contributed by atoms with Gasteiger partial charge in [-0.2, -0.15) is 0 Å². The third kappa shape index (κ3) is 3.21. The summed E-state index contributed by atoms with van der Waals surface area (Å²) in [6.07, 6.45) is 4.63. The Hall–Kier alpha value is -0.570. The highest BCUT2D eigenvalue weighted by Crippen LogP contribution is 2.38. The lowest BCUT2D eigenvalue weighted by Gasteiger charge is -2.38. The van der Waals surface area contributed by atoms with Crippen LogP contribution in [0.2, 0.25) is 0 Å². The first-order valence-electron chi connectivity index (χ1n) is 6.30. The predicted molar refractivity (Wildman–Crippen MR) is 67.3 cm³/mol. The minimum atomic E-state index is 0.101. The van der Waals surface area contributed by atoms with Crippen molar-refractivity contribution in [3.05, 3.63) is 0 Å². The number of carbonyl (C=O) groups is 1. The lowest BCUT2D eigenvalue weighted by atomic mass is 9.86. The van der Waals surface area contributed by atoms with Crippen molar-refractivity contribution < 1.29 is 4.79 Å². The van der Waals surface area contributed by atoms with E-state index >= 15 is 0 Å². The van der Waals surface area contributed by atoms with E-state index in [-0.39, 0.29) is 5.91 Å². The maximum Gasteiger partial charge on any atom is 0.217 e. The van der Waals surface area contributed by atoms with Gasteiger partial charge < -0.3 is 10.2 Å². The molecule has 1 aliphatic rings. The average Bonchev–Trinajstić information content (AvgIpc) is 2.47. The molecule has 2 atom stereocenters. The molecule has 1 saturated carbocycles. The molecule has 0 heterocycles. The van der Waals surface area contributed by atoms with Crippen molar-refractivity contribution >= 4 is 5.91 Å². The fraction of sp³-hybridized carbons (Fsp3) is 0.923. The van der Waals surface area contributed by atoms with E-state index in [0.29, 0.717) is 17.5 Å². The van der Waals surface area contributed by atoms with Gasteiger partial charge in [0.1, 0.15) is 0 Å². The summed E-state index contributed by atoms with van der Waals surface area (Å²) in [7, 11) is 4.33. The van der Waals surface area contributed by atoms with Gasteiger partial charge in [-0.1, -0.05) is 13.8 Å². The lowest BCUT2D eigenvalue weighted by Crippen LogP contribution is -2.45. The topological polar surface area (TPSA) is 32.3 Å². The fourth-order valence-electron chi connectivity index (χ4n) is 3.05. The molecule has 0 aromatic rings. The molecule has 16 heavy (non-hydrogen) atoms. The van der Waals surface area contributed by atoms with Gasteiger partial charge >= 0.3 is 0 Å². The summed E-state index contributed by atoms with van der Waals surface area (Å²) in [4.78, 5) is 13.4. The molecule has 0 aromatic heterocycles. The van der Waals surface area contributed by atoms with Gasteiger partial charge in [-0.3, -0.25) is 4.79 Å². The Labute approximate surface area is 99.6 Å². The molecule has 0 aliphatic heterocycles. The molecule has 3 heteroatoms. The van der Waals surface area contributed by atoms with Gasteiger partial charge in [-0.05, 0) is 45.7 Å². The van der Waals surface area contributed by atoms with Gasteiger partial charge in [0.15, 0.2) is 0 Å². The van der Waals surface area contributed by atoms with Crippen molar-refractivity contribution in [2.75, 3.05) is 14.1 Å². The van der Waals surface area contributed by atoms with Crippen LogP contribution in [0.3, 0.4) is 0 Å². The van der Waals surface area contributed by atoms with Gasteiger partial charge in [0, 0.05) is 18.5 Å². The van der Waals surface area contributed by atoms with Crippen molar-refractivity contribution in [3.63, 3.8) is 0 Å². The number of nitrogens with one attached hydrogen (secondary N) is 1. The van der Waals surface area contributed by atoms with E-state index in [4.69, 9.17) is 0 Å². The molecule has 2 unspecified atom stereocenters. The molecule has 1 rings (SSSR count). The maximum absolute atomic E-state index is 11.1. The van der Waals surface area contributed by atoms with Crippen LogP contribution in [-0.4, -0.2) is 36.5 Å². The van der Waals surface area contributed by atoms with Crippen LogP contribution in [0.5, 0.6) is 0 Å². The summed E-state index contributed by atoms with van der Waals surface area (Å²) in [5.74, 6) is 0.808. The van der Waals surface area contributed by atoms with Gasteiger partial charge in [-0.25, -0.2) is 0 Å². The minimum Gasteiger partial charge on any atom is -0.354 e. The molecule has 1 fully saturated rings. The molecule has 0 aromatic carbocycles. The van der Waals surface area contributed by atoms with E-state index < -0.39 is 0 Å². The molecule has 94 valence electrons. The van der Waals surface area contributed by atoms with E-state index in [1.807, 2.05) is 0 Å². The summed E-state index contributed by atoms with van der Waals surface area (Å²) >= 11 is 0. The van der Waals surface area contributed by atoms with Crippen LogP contribution < -0.4 is 5.32 Å². The Morgan fingerprint density at radius 1 is 1.50 bits per heavy atom. The summed E-state index contributed by atoms with van der Waals surface area (Å²) in [5.41, 5.74) is 0.293. The molecule has 1 N–H and O–H groups in total. The highest BCUT2D eigenvalue weighted by atomic mass is 16.1. The Morgan fingerprint density at radius 2 is 2.12 bits per heavy atom. The summed E-state index contributed by atoms with van der Waals surface area (Å²) in [6, 6.07) is 0.374. The predicted octanol–water partition coefficient (Wildman–Crippen LogP) is 2.02. The van der Waals surface area contributed by atoms with Crippen LogP contribution in [0, 0.1) is 5.92 Å². The average molecular weight is 226 g/mol. The second kappa shape index (κ2) is 5.17. The van der Waals surface area contributed by atoms with Crippen LogP contribution in [0.15, 0.2) is 0 Å². The smallest absolute Gasteiger partial charge is 0.217 e. The number of nitrogens with zero attached hydrogens (tertiary/aromatic N) is 1. The first-order valence-corrected chi connectivity index (χ1v) is 6.30. The Morgan fingerprint density at radius 3 is 2.56 bits per heavy atom. The van der Waals surface area contributed by atoms with Crippen molar-refractivity contribution in [1.82, 2.24) is 10.2 Å². The summed E-state index contributed by atoms with van der Waals surface area (Å²) < 4.78 is 0. The molecule has 0 saturated heterocycles. The summed E-state index contributed by atoms with van der Waals surface area (Å²) in [5, 5.41) is 3.06. The first-order chi connectivity index (χ1) is 7.35. The van der Waals surface area contributed by atoms with Crippen LogP contribution in [0.4, 0.5) is 0 Å². The van der Waals surface area contributed by atoms with Crippen LogP contribution >= 0.6 is 0 Å². The van der Waals surface area contributed by atoms with Crippen LogP contribution in [0.25, 0.3) is 0 Å². The number of rotatable bonds is 4. The van der Waals surface area contributed by atoms with E-state index in [1.165, 1.54) is 12.8 Å². The highest BCUT2D eigenvalue weighted by Gasteiger charge is 2.41.